The van der Waals surface area contributed by atoms with E-state index in [-0.39, 0.29) is 5.41 Å². The molecule has 0 aromatic carbocycles. The molecule has 2 heterocycles. The lowest BCUT2D eigenvalue weighted by atomic mass is 9.84. The zero-order valence-electron chi connectivity index (χ0n) is 8.35. The first-order valence-corrected chi connectivity index (χ1v) is 4.56. The van der Waals surface area contributed by atoms with Gasteiger partial charge >= 0.3 is 11.8 Å². The van der Waals surface area contributed by atoms with Crippen molar-refractivity contribution in [1.29, 1.82) is 0 Å². The van der Waals surface area contributed by atoms with Gasteiger partial charge in [0.25, 0.3) is 0 Å². The second kappa shape index (κ2) is 2.48. The second-order valence-corrected chi connectivity index (χ2v) is 4.92. The molecule has 0 saturated carbocycles. The Balaban J connectivity index is 2.24. The van der Waals surface area contributed by atoms with E-state index in [4.69, 9.17) is 4.74 Å². The Kier molecular flexibility index (Phi) is 1.75. The molecule has 80 valence electrons. The molecule has 2 fully saturated rings. The highest BCUT2D eigenvalue weighted by Gasteiger charge is 2.71. The summed E-state index contributed by atoms with van der Waals surface area (Å²) in [5.41, 5.74) is -0.351. The Bertz CT molecular complexity index is 281. The number of fused-ring (bicyclic) bond motifs is 1. The van der Waals surface area contributed by atoms with Gasteiger partial charge < -0.3 is 19.7 Å². The topological polar surface area (TPSA) is 76.0 Å². The maximum Gasteiger partial charge on any atom is 0.371 e. The number of esters is 1. The van der Waals surface area contributed by atoms with Crippen molar-refractivity contribution in [2.75, 3.05) is 0 Å². The Labute approximate surface area is 81.6 Å². The normalized spacial score (nSPS) is 46.9. The molecule has 5 nitrogen and oxygen atoms in total. The molecular weight excluding hydrogens is 188 g/mol. The lowest BCUT2D eigenvalue weighted by molar-refractivity contribution is -0.296. The predicted molar refractivity (Wildman–Crippen MR) is 45.2 cm³/mol. The van der Waals surface area contributed by atoms with Crippen molar-refractivity contribution in [3.63, 3.8) is 0 Å². The number of rotatable bonds is 0. The standard InChI is InChI=1S/C9H14O5/c1-8(2,3)5-4(10)6-9(12,14-5)7(11)13-6/h4-6,10,12H,1-3H3/t4-,5-,6?,9+/m1/s1. The van der Waals surface area contributed by atoms with E-state index < -0.39 is 30.1 Å². The van der Waals surface area contributed by atoms with Crippen molar-refractivity contribution in [2.45, 2.75) is 44.9 Å². The fourth-order valence-electron chi connectivity index (χ4n) is 1.87. The molecule has 2 rings (SSSR count). The average molecular weight is 202 g/mol. The van der Waals surface area contributed by atoms with Crippen molar-refractivity contribution < 1.29 is 24.5 Å². The van der Waals surface area contributed by atoms with Gasteiger partial charge in [-0.3, -0.25) is 0 Å². The summed E-state index contributed by atoms with van der Waals surface area (Å²) in [5.74, 6) is -2.73. The average Bonchev–Trinajstić information content (AvgIpc) is 2.25. The molecule has 2 aliphatic rings. The molecule has 0 spiro atoms. The Morgan fingerprint density at radius 2 is 2.00 bits per heavy atom. The molecule has 4 atom stereocenters. The van der Waals surface area contributed by atoms with Crippen LogP contribution in [-0.2, 0) is 14.3 Å². The maximum absolute atomic E-state index is 10.9. The van der Waals surface area contributed by atoms with E-state index >= 15 is 0 Å². The van der Waals surface area contributed by atoms with E-state index in [0.29, 0.717) is 0 Å². The minimum absolute atomic E-state index is 0.351. The predicted octanol–water partition coefficient (Wildman–Crippen LogP) is -0.594. The van der Waals surface area contributed by atoms with Crippen LogP contribution in [0, 0.1) is 5.41 Å². The summed E-state index contributed by atoms with van der Waals surface area (Å²) < 4.78 is 9.81. The SMILES string of the molecule is CC(C)(C)[C@@H]1O[C@]2(O)C(=O)OC2[C@@H]1O. The van der Waals surface area contributed by atoms with Crippen LogP contribution in [0.25, 0.3) is 0 Å². The fraction of sp³-hybridized carbons (Fsp3) is 0.889. The van der Waals surface area contributed by atoms with Gasteiger partial charge in [-0.25, -0.2) is 4.79 Å². The van der Waals surface area contributed by atoms with Gasteiger partial charge in [-0.1, -0.05) is 20.8 Å². The van der Waals surface area contributed by atoms with Crippen LogP contribution in [0.1, 0.15) is 20.8 Å². The zero-order chi connectivity index (χ0) is 10.7. The van der Waals surface area contributed by atoms with Crippen LogP contribution in [-0.4, -0.2) is 40.3 Å². The number of hydrogen-bond donors (Lipinski definition) is 2. The zero-order valence-corrected chi connectivity index (χ0v) is 8.35. The van der Waals surface area contributed by atoms with Gasteiger partial charge in [0.15, 0.2) is 6.10 Å². The molecule has 1 unspecified atom stereocenters. The third kappa shape index (κ3) is 1.03. The van der Waals surface area contributed by atoms with Gasteiger partial charge in [0.05, 0.1) is 6.10 Å². The molecule has 0 amide bonds. The molecular formula is C9H14O5. The molecule has 0 aromatic rings. The number of carbonyl (C=O) groups is 1. The van der Waals surface area contributed by atoms with Crippen LogP contribution in [0.2, 0.25) is 0 Å². The third-order valence-electron chi connectivity index (χ3n) is 2.69. The summed E-state index contributed by atoms with van der Waals surface area (Å²) in [7, 11) is 0. The van der Waals surface area contributed by atoms with Gasteiger partial charge in [0.2, 0.25) is 0 Å². The van der Waals surface area contributed by atoms with Crippen LogP contribution in [0.5, 0.6) is 0 Å². The lowest BCUT2D eigenvalue weighted by Crippen LogP contribution is -2.63. The number of carbonyl (C=O) groups excluding carboxylic acids is 1. The summed E-state index contributed by atoms with van der Waals surface area (Å²) in [5, 5.41) is 19.4. The molecule has 0 radical (unpaired) electrons. The second-order valence-electron chi connectivity index (χ2n) is 4.92. The van der Waals surface area contributed by atoms with Crippen LogP contribution in [0.4, 0.5) is 0 Å². The summed E-state index contributed by atoms with van der Waals surface area (Å²) in [6.45, 7) is 5.58. The summed E-state index contributed by atoms with van der Waals surface area (Å²) in [6, 6.07) is 0. The van der Waals surface area contributed by atoms with Gasteiger partial charge in [0.1, 0.15) is 6.10 Å². The van der Waals surface area contributed by atoms with Gasteiger partial charge in [-0.05, 0) is 5.41 Å². The summed E-state index contributed by atoms with van der Waals surface area (Å²) in [6.07, 6.45) is -2.49. The van der Waals surface area contributed by atoms with Crippen molar-refractivity contribution in [3.8, 4) is 0 Å². The van der Waals surface area contributed by atoms with E-state index in [1.54, 1.807) is 0 Å². The molecule has 0 aliphatic carbocycles. The van der Waals surface area contributed by atoms with Crippen LogP contribution < -0.4 is 0 Å². The molecule has 2 aliphatic heterocycles. The van der Waals surface area contributed by atoms with E-state index in [9.17, 15) is 15.0 Å². The van der Waals surface area contributed by atoms with Crippen molar-refractivity contribution in [2.24, 2.45) is 5.41 Å². The van der Waals surface area contributed by atoms with Crippen LogP contribution in [0.3, 0.4) is 0 Å². The Morgan fingerprint density at radius 1 is 1.43 bits per heavy atom. The first kappa shape index (κ1) is 9.89. The highest BCUT2D eigenvalue weighted by atomic mass is 16.8. The number of aliphatic hydroxyl groups is 2. The highest BCUT2D eigenvalue weighted by Crippen LogP contribution is 2.45. The van der Waals surface area contributed by atoms with Crippen LogP contribution in [0.15, 0.2) is 0 Å². The first-order valence-electron chi connectivity index (χ1n) is 4.56. The quantitative estimate of drug-likeness (QED) is 0.513. The Morgan fingerprint density at radius 3 is 2.36 bits per heavy atom. The molecule has 2 N–H and O–H groups in total. The highest BCUT2D eigenvalue weighted by molar-refractivity contribution is 5.85. The van der Waals surface area contributed by atoms with Gasteiger partial charge in [-0.2, -0.15) is 0 Å². The van der Waals surface area contributed by atoms with E-state index in [0.717, 1.165) is 0 Å². The smallest absolute Gasteiger partial charge is 0.371 e. The van der Waals surface area contributed by atoms with Crippen molar-refractivity contribution in [1.82, 2.24) is 0 Å². The van der Waals surface area contributed by atoms with Crippen molar-refractivity contribution >= 4 is 5.97 Å². The van der Waals surface area contributed by atoms with E-state index in [2.05, 4.69) is 4.74 Å². The number of hydrogen-bond acceptors (Lipinski definition) is 5. The third-order valence-corrected chi connectivity index (χ3v) is 2.69. The van der Waals surface area contributed by atoms with Gasteiger partial charge in [-0.15, -0.1) is 0 Å². The molecule has 2 saturated heterocycles. The van der Waals surface area contributed by atoms with Crippen molar-refractivity contribution in [3.05, 3.63) is 0 Å². The monoisotopic (exact) mass is 202 g/mol. The molecule has 5 heteroatoms. The van der Waals surface area contributed by atoms with E-state index in [1.165, 1.54) is 0 Å². The lowest BCUT2D eigenvalue weighted by Gasteiger charge is -2.36. The largest absolute Gasteiger partial charge is 0.449 e. The summed E-state index contributed by atoms with van der Waals surface area (Å²) in [4.78, 5) is 10.9. The number of aliphatic hydroxyl groups excluding tert-OH is 1. The first-order chi connectivity index (χ1) is 6.27. The molecule has 14 heavy (non-hydrogen) atoms. The van der Waals surface area contributed by atoms with Gasteiger partial charge in [0, 0.05) is 0 Å². The molecule has 0 bridgehead atoms. The Hall–Kier alpha value is -0.650. The number of ether oxygens (including phenoxy) is 2. The van der Waals surface area contributed by atoms with Crippen LogP contribution >= 0.6 is 0 Å². The summed E-state index contributed by atoms with van der Waals surface area (Å²) >= 11 is 0. The maximum atomic E-state index is 10.9. The minimum Gasteiger partial charge on any atom is -0.449 e. The van der Waals surface area contributed by atoms with E-state index in [1.807, 2.05) is 20.8 Å². The fourth-order valence-corrected chi connectivity index (χ4v) is 1.87. The minimum atomic E-state index is -1.92. The molecule has 0 aromatic heterocycles.